The van der Waals surface area contributed by atoms with Crippen molar-refractivity contribution in [3.05, 3.63) is 0 Å². The SMILES string of the molecule is CC1SCCN(C(=O)CCC(=O)OC(C)(C)C)C1C. The summed E-state index contributed by atoms with van der Waals surface area (Å²) in [4.78, 5) is 25.6. The molecule has 110 valence electrons. The molecule has 0 saturated carbocycles. The molecular formula is C14H25NO3S. The second-order valence-corrected chi connectivity index (χ2v) is 7.48. The number of rotatable bonds is 3. The van der Waals surface area contributed by atoms with Gasteiger partial charge in [0.15, 0.2) is 0 Å². The smallest absolute Gasteiger partial charge is 0.306 e. The number of carbonyl (C=O) groups excluding carboxylic acids is 2. The highest BCUT2D eigenvalue weighted by Gasteiger charge is 2.29. The molecule has 1 aliphatic rings. The van der Waals surface area contributed by atoms with Gasteiger partial charge in [-0.2, -0.15) is 11.8 Å². The maximum absolute atomic E-state index is 12.1. The van der Waals surface area contributed by atoms with Crippen LogP contribution in [0.5, 0.6) is 0 Å². The number of esters is 1. The number of nitrogens with zero attached hydrogens (tertiary/aromatic N) is 1. The van der Waals surface area contributed by atoms with Crippen molar-refractivity contribution < 1.29 is 14.3 Å². The third kappa shape index (κ3) is 5.43. The van der Waals surface area contributed by atoms with Crippen molar-refractivity contribution in [1.29, 1.82) is 0 Å². The summed E-state index contributed by atoms with van der Waals surface area (Å²) in [5.41, 5.74) is -0.482. The Morgan fingerprint density at radius 3 is 2.47 bits per heavy atom. The molecule has 2 unspecified atom stereocenters. The predicted octanol–water partition coefficient (Wildman–Crippen LogP) is 2.46. The monoisotopic (exact) mass is 287 g/mol. The van der Waals surface area contributed by atoms with Crippen molar-refractivity contribution in [2.45, 2.75) is 64.4 Å². The van der Waals surface area contributed by atoms with Gasteiger partial charge < -0.3 is 9.64 Å². The van der Waals surface area contributed by atoms with Crippen molar-refractivity contribution in [2.75, 3.05) is 12.3 Å². The third-order valence-electron chi connectivity index (χ3n) is 3.17. The van der Waals surface area contributed by atoms with Crippen LogP contribution in [0.15, 0.2) is 0 Å². The van der Waals surface area contributed by atoms with E-state index in [1.165, 1.54) is 0 Å². The van der Waals surface area contributed by atoms with E-state index in [0.717, 1.165) is 12.3 Å². The maximum atomic E-state index is 12.1. The highest BCUT2D eigenvalue weighted by atomic mass is 32.2. The second kappa shape index (κ2) is 6.64. The Bertz CT molecular complexity index is 338. The van der Waals surface area contributed by atoms with E-state index in [4.69, 9.17) is 4.74 Å². The van der Waals surface area contributed by atoms with E-state index < -0.39 is 5.60 Å². The summed E-state index contributed by atoms with van der Waals surface area (Å²) >= 11 is 1.89. The van der Waals surface area contributed by atoms with E-state index in [1.54, 1.807) is 0 Å². The van der Waals surface area contributed by atoms with Crippen molar-refractivity contribution in [3.8, 4) is 0 Å². The fourth-order valence-corrected chi connectivity index (χ4v) is 3.13. The van der Waals surface area contributed by atoms with Gasteiger partial charge in [-0.1, -0.05) is 6.92 Å². The average molecular weight is 287 g/mol. The third-order valence-corrected chi connectivity index (χ3v) is 4.51. The topological polar surface area (TPSA) is 46.6 Å². The Labute approximate surface area is 120 Å². The normalized spacial score (nSPS) is 24.2. The zero-order valence-electron chi connectivity index (χ0n) is 12.6. The Hall–Kier alpha value is -0.710. The first-order valence-corrected chi connectivity index (χ1v) is 7.88. The molecule has 0 aromatic rings. The lowest BCUT2D eigenvalue weighted by Crippen LogP contribution is -2.48. The fourth-order valence-electron chi connectivity index (χ4n) is 2.03. The van der Waals surface area contributed by atoms with Gasteiger partial charge in [-0.05, 0) is 27.7 Å². The number of thioether (sulfide) groups is 1. The maximum Gasteiger partial charge on any atom is 0.306 e. The largest absolute Gasteiger partial charge is 0.460 e. The number of hydrogen-bond donors (Lipinski definition) is 0. The lowest BCUT2D eigenvalue weighted by atomic mass is 10.1. The highest BCUT2D eigenvalue weighted by molar-refractivity contribution is 8.00. The molecule has 5 heteroatoms. The Kier molecular flexibility index (Phi) is 5.71. The van der Waals surface area contributed by atoms with Gasteiger partial charge in [0.1, 0.15) is 5.60 Å². The van der Waals surface area contributed by atoms with Gasteiger partial charge in [0.05, 0.1) is 6.42 Å². The summed E-state index contributed by atoms with van der Waals surface area (Å²) < 4.78 is 5.21. The number of hydrogen-bond acceptors (Lipinski definition) is 4. The van der Waals surface area contributed by atoms with Gasteiger partial charge in [-0.3, -0.25) is 9.59 Å². The van der Waals surface area contributed by atoms with Crippen molar-refractivity contribution in [1.82, 2.24) is 4.90 Å². The molecule has 1 rings (SSSR count). The summed E-state index contributed by atoms with van der Waals surface area (Å²) in [6.45, 7) is 10.5. The minimum absolute atomic E-state index is 0.0607. The lowest BCUT2D eigenvalue weighted by Gasteiger charge is -2.37. The zero-order chi connectivity index (χ0) is 14.6. The minimum atomic E-state index is -0.482. The van der Waals surface area contributed by atoms with Gasteiger partial charge in [0.25, 0.3) is 0 Å². The number of amides is 1. The van der Waals surface area contributed by atoms with Crippen molar-refractivity contribution in [3.63, 3.8) is 0 Å². The highest BCUT2D eigenvalue weighted by Crippen LogP contribution is 2.25. The molecule has 0 radical (unpaired) electrons. The van der Waals surface area contributed by atoms with E-state index in [0.29, 0.717) is 5.25 Å². The van der Waals surface area contributed by atoms with Gasteiger partial charge in [0, 0.05) is 30.0 Å². The zero-order valence-corrected chi connectivity index (χ0v) is 13.4. The molecule has 0 N–H and O–H groups in total. The summed E-state index contributed by atoms with van der Waals surface area (Å²) in [5, 5.41) is 0.458. The summed E-state index contributed by atoms with van der Waals surface area (Å²) in [6.07, 6.45) is 0.414. The quantitative estimate of drug-likeness (QED) is 0.748. The average Bonchev–Trinajstić information content (AvgIpc) is 2.27. The van der Waals surface area contributed by atoms with Crippen LogP contribution in [0.25, 0.3) is 0 Å². The first-order chi connectivity index (χ1) is 8.70. The molecule has 1 heterocycles. The standard InChI is InChI=1S/C14H25NO3S/c1-10-11(2)19-9-8-15(10)12(16)6-7-13(17)18-14(3,4)5/h10-11H,6-9H2,1-5H3. The number of ether oxygens (including phenoxy) is 1. The molecular weight excluding hydrogens is 262 g/mol. The molecule has 1 aliphatic heterocycles. The van der Waals surface area contributed by atoms with Gasteiger partial charge in [-0.25, -0.2) is 0 Å². The van der Waals surface area contributed by atoms with Crippen LogP contribution < -0.4 is 0 Å². The van der Waals surface area contributed by atoms with Crippen LogP contribution in [-0.4, -0.2) is 46.0 Å². The predicted molar refractivity (Wildman–Crippen MR) is 78.2 cm³/mol. The van der Waals surface area contributed by atoms with Crippen molar-refractivity contribution >= 4 is 23.6 Å². The van der Waals surface area contributed by atoms with Crippen LogP contribution >= 0.6 is 11.8 Å². The molecule has 4 nitrogen and oxygen atoms in total. The second-order valence-electron chi connectivity index (χ2n) is 5.99. The van der Waals surface area contributed by atoms with E-state index in [2.05, 4.69) is 13.8 Å². The fraction of sp³-hybridized carbons (Fsp3) is 0.857. The van der Waals surface area contributed by atoms with Gasteiger partial charge in [0.2, 0.25) is 5.91 Å². The molecule has 0 aliphatic carbocycles. The van der Waals surface area contributed by atoms with E-state index in [9.17, 15) is 9.59 Å². The van der Waals surface area contributed by atoms with Crippen LogP contribution in [0.2, 0.25) is 0 Å². The van der Waals surface area contributed by atoms with Crippen molar-refractivity contribution in [2.24, 2.45) is 0 Å². The van der Waals surface area contributed by atoms with E-state index in [1.807, 2.05) is 37.4 Å². The van der Waals surface area contributed by atoms with Crippen LogP contribution in [0.1, 0.15) is 47.5 Å². The van der Waals surface area contributed by atoms with E-state index in [-0.39, 0.29) is 30.8 Å². The molecule has 0 bridgehead atoms. The molecule has 1 saturated heterocycles. The van der Waals surface area contributed by atoms with Gasteiger partial charge in [-0.15, -0.1) is 0 Å². The summed E-state index contributed by atoms with van der Waals surface area (Å²) in [7, 11) is 0. The Morgan fingerprint density at radius 2 is 1.89 bits per heavy atom. The summed E-state index contributed by atoms with van der Waals surface area (Å²) in [6, 6.07) is 0.241. The van der Waals surface area contributed by atoms with Crippen LogP contribution in [0.4, 0.5) is 0 Å². The molecule has 1 amide bonds. The van der Waals surface area contributed by atoms with Crippen LogP contribution in [0.3, 0.4) is 0 Å². The Balaban J connectivity index is 2.41. The first kappa shape index (κ1) is 16.3. The number of carbonyl (C=O) groups is 2. The molecule has 1 fully saturated rings. The lowest BCUT2D eigenvalue weighted by molar-refractivity contribution is -0.156. The van der Waals surface area contributed by atoms with Crippen LogP contribution in [0, 0.1) is 0 Å². The molecule has 0 aromatic carbocycles. The molecule has 0 aromatic heterocycles. The summed E-state index contributed by atoms with van der Waals surface area (Å²) in [5.74, 6) is 0.738. The van der Waals surface area contributed by atoms with Gasteiger partial charge >= 0.3 is 5.97 Å². The minimum Gasteiger partial charge on any atom is -0.460 e. The molecule has 0 spiro atoms. The van der Waals surface area contributed by atoms with Crippen LogP contribution in [-0.2, 0) is 14.3 Å². The molecule has 19 heavy (non-hydrogen) atoms. The Morgan fingerprint density at radius 1 is 1.26 bits per heavy atom. The molecule has 2 atom stereocenters. The van der Waals surface area contributed by atoms with E-state index >= 15 is 0 Å². The first-order valence-electron chi connectivity index (χ1n) is 6.83.